The van der Waals surface area contributed by atoms with Crippen LogP contribution in [0.4, 0.5) is 0 Å². The van der Waals surface area contributed by atoms with Gasteiger partial charge in [0.05, 0.1) is 5.75 Å². The number of carbonyl (C=O) groups is 1. The number of amides is 1. The summed E-state index contributed by atoms with van der Waals surface area (Å²) in [7, 11) is 0. The first-order chi connectivity index (χ1) is 11.1. The van der Waals surface area contributed by atoms with Crippen LogP contribution in [0.1, 0.15) is 33.1 Å². The number of fused-ring (bicyclic) bond motifs is 1. The molecule has 0 radical (unpaired) electrons. The minimum absolute atomic E-state index is 0.121. The molecule has 0 aromatic heterocycles. The summed E-state index contributed by atoms with van der Waals surface area (Å²) in [6.45, 7) is 5.72. The maximum absolute atomic E-state index is 12.2. The first-order valence-corrected chi connectivity index (χ1v) is 9.44. The molecule has 126 valence electrons. The smallest absolute Gasteiger partial charge is 0.230 e. The van der Waals surface area contributed by atoms with E-state index in [9.17, 15) is 4.79 Å². The van der Waals surface area contributed by atoms with Crippen LogP contribution < -0.4 is 14.8 Å². The third-order valence-electron chi connectivity index (χ3n) is 4.94. The van der Waals surface area contributed by atoms with Crippen molar-refractivity contribution in [3.63, 3.8) is 0 Å². The van der Waals surface area contributed by atoms with Crippen molar-refractivity contribution in [2.75, 3.05) is 19.0 Å². The quantitative estimate of drug-likeness (QED) is 0.856. The Bertz CT molecular complexity index is 563. The Hall–Kier alpha value is -1.36. The number of rotatable bonds is 4. The van der Waals surface area contributed by atoms with Crippen LogP contribution >= 0.6 is 11.8 Å². The van der Waals surface area contributed by atoms with Gasteiger partial charge in [0, 0.05) is 10.9 Å². The molecule has 0 saturated heterocycles. The normalized spacial score (nSPS) is 26.6. The van der Waals surface area contributed by atoms with E-state index in [1.807, 2.05) is 18.2 Å². The fraction of sp³-hybridized carbons (Fsp3) is 0.611. The molecule has 3 atom stereocenters. The zero-order chi connectivity index (χ0) is 16.2. The summed E-state index contributed by atoms with van der Waals surface area (Å²) in [5, 5.41) is 3.22. The van der Waals surface area contributed by atoms with Crippen molar-refractivity contribution < 1.29 is 14.3 Å². The lowest BCUT2D eigenvalue weighted by Crippen LogP contribution is -2.44. The minimum atomic E-state index is 0.121. The second kappa shape index (κ2) is 7.47. The Balaban J connectivity index is 1.51. The van der Waals surface area contributed by atoms with Crippen molar-refractivity contribution in [3.05, 3.63) is 18.2 Å². The average molecular weight is 335 g/mol. The molecule has 1 heterocycles. The summed E-state index contributed by atoms with van der Waals surface area (Å²) < 4.78 is 11.1. The molecule has 23 heavy (non-hydrogen) atoms. The van der Waals surface area contributed by atoms with E-state index in [1.165, 1.54) is 12.8 Å². The van der Waals surface area contributed by atoms with Gasteiger partial charge in [-0.05, 0) is 36.5 Å². The molecule has 1 aliphatic carbocycles. The number of nitrogens with one attached hydrogen (secondary N) is 1. The van der Waals surface area contributed by atoms with Crippen LogP contribution in [0.3, 0.4) is 0 Å². The molecule has 1 aromatic rings. The number of ether oxygens (including phenoxy) is 2. The van der Waals surface area contributed by atoms with Crippen molar-refractivity contribution in [2.24, 2.45) is 11.8 Å². The third kappa shape index (κ3) is 4.14. The van der Waals surface area contributed by atoms with E-state index in [0.29, 0.717) is 36.8 Å². The van der Waals surface area contributed by atoms with Gasteiger partial charge in [0.2, 0.25) is 5.91 Å². The van der Waals surface area contributed by atoms with E-state index in [1.54, 1.807) is 11.8 Å². The molecule has 1 saturated carbocycles. The molecule has 1 amide bonds. The highest BCUT2D eigenvalue weighted by atomic mass is 32.2. The van der Waals surface area contributed by atoms with Gasteiger partial charge in [-0.25, -0.2) is 0 Å². The number of hydrogen-bond donors (Lipinski definition) is 1. The highest BCUT2D eigenvalue weighted by Gasteiger charge is 2.28. The van der Waals surface area contributed by atoms with Crippen LogP contribution in [-0.2, 0) is 4.79 Å². The lowest BCUT2D eigenvalue weighted by Gasteiger charge is -2.34. The topological polar surface area (TPSA) is 47.6 Å². The molecule has 4 nitrogen and oxygen atoms in total. The van der Waals surface area contributed by atoms with E-state index >= 15 is 0 Å². The number of carbonyl (C=O) groups excluding carboxylic acids is 1. The lowest BCUT2D eigenvalue weighted by molar-refractivity contribution is -0.119. The molecule has 1 fully saturated rings. The van der Waals surface area contributed by atoms with Gasteiger partial charge in [-0.2, -0.15) is 0 Å². The van der Waals surface area contributed by atoms with E-state index < -0.39 is 0 Å². The zero-order valence-electron chi connectivity index (χ0n) is 13.8. The summed E-state index contributed by atoms with van der Waals surface area (Å²) in [5.41, 5.74) is 0. The molecule has 3 rings (SSSR count). The Morgan fingerprint density at radius 3 is 2.83 bits per heavy atom. The molecule has 3 unspecified atom stereocenters. The third-order valence-corrected chi connectivity index (χ3v) is 5.93. The Labute approximate surface area is 142 Å². The predicted molar refractivity (Wildman–Crippen MR) is 92.3 cm³/mol. The van der Waals surface area contributed by atoms with Crippen LogP contribution in [0.25, 0.3) is 0 Å². The van der Waals surface area contributed by atoms with Crippen molar-refractivity contribution in [3.8, 4) is 11.5 Å². The van der Waals surface area contributed by atoms with E-state index in [0.717, 1.165) is 22.8 Å². The van der Waals surface area contributed by atoms with Crippen LogP contribution in [0.15, 0.2) is 23.1 Å². The Kier molecular flexibility index (Phi) is 5.36. The van der Waals surface area contributed by atoms with Crippen LogP contribution in [0.2, 0.25) is 0 Å². The Morgan fingerprint density at radius 1 is 1.22 bits per heavy atom. The molecular weight excluding hydrogens is 310 g/mol. The van der Waals surface area contributed by atoms with Crippen molar-refractivity contribution in [1.29, 1.82) is 0 Å². The van der Waals surface area contributed by atoms with Gasteiger partial charge < -0.3 is 14.8 Å². The average Bonchev–Trinajstić information content (AvgIpc) is 2.57. The number of thioether (sulfide) groups is 1. The van der Waals surface area contributed by atoms with Crippen molar-refractivity contribution >= 4 is 17.7 Å². The predicted octanol–water partition coefficient (Wildman–Crippen LogP) is 3.49. The van der Waals surface area contributed by atoms with Crippen LogP contribution in [0.5, 0.6) is 11.5 Å². The van der Waals surface area contributed by atoms with Crippen LogP contribution in [-0.4, -0.2) is 30.9 Å². The van der Waals surface area contributed by atoms with Gasteiger partial charge >= 0.3 is 0 Å². The number of hydrogen-bond acceptors (Lipinski definition) is 4. The standard InChI is InChI=1S/C18H25NO3S/c1-12-4-3-5-15(13(12)2)19-18(20)11-23-14-6-7-16-17(10-14)22-9-8-21-16/h6-7,10,12-13,15H,3-5,8-9,11H2,1-2H3,(H,19,20). The lowest BCUT2D eigenvalue weighted by atomic mass is 9.78. The summed E-state index contributed by atoms with van der Waals surface area (Å²) >= 11 is 1.54. The van der Waals surface area contributed by atoms with E-state index in [2.05, 4.69) is 19.2 Å². The van der Waals surface area contributed by atoms with Crippen molar-refractivity contribution in [2.45, 2.75) is 44.0 Å². The SMILES string of the molecule is CC1CCCC(NC(=O)CSc2ccc3c(c2)OCCO3)C1C. The highest BCUT2D eigenvalue weighted by molar-refractivity contribution is 8.00. The maximum atomic E-state index is 12.2. The largest absolute Gasteiger partial charge is 0.486 e. The van der Waals surface area contributed by atoms with Gasteiger partial charge in [0.25, 0.3) is 0 Å². The maximum Gasteiger partial charge on any atom is 0.230 e. The summed E-state index contributed by atoms with van der Waals surface area (Å²) in [5.74, 6) is 3.38. The summed E-state index contributed by atoms with van der Waals surface area (Å²) in [6, 6.07) is 6.18. The molecule has 0 bridgehead atoms. The Morgan fingerprint density at radius 2 is 2.00 bits per heavy atom. The van der Waals surface area contributed by atoms with Gasteiger partial charge in [0.1, 0.15) is 13.2 Å². The molecule has 1 aliphatic heterocycles. The second-order valence-electron chi connectivity index (χ2n) is 6.54. The monoisotopic (exact) mass is 335 g/mol. The van der Waals surface area contributed by atoms with Gasteiger partial charge in [0.15, 0.2) is 11.5 Å². The van der Waals surface area contributed by atoms with Gasteiger partial charge in [-0.15, -0.1) is 11.8 Å². The van der Waals surface area contributed by atoms with Gasteiger partial charge in [-0.3, -0.25) is 4.79 Å². The zero-order valence-corrected chi connectivity index (χ0v) is 14.7. The second-order valence-corrected chi connectivity index (χ2v) is 7.58. The molecule has 1 N–H and O–H groups in total. The molecule has 1 aromatic carbocycles. The van der Waals surface area contributed by atoms with Crippen LogP contribution in [0, 0.1) is 11.8 Å². The molecule has 5 heteroatoms. The fourth-order valence-electron chi connectivity index (χ4n) is 3.30. The molecular formula is C18H25NO3S. The highest BCUT2D eigenvalue weighted by Crippen LogP contribution is 2.34. The first kappa shape index (κ1) is 16.5. The summed E-state index contributed by atoms with van der Waals surface area (Å²) in [4.78, 5) is 13.3. The first-order valence-electron chi connectivity index (χ1n) is 8.45. The van der Waals surface area contributed by atoms with Crippen molar-refractivity contribution in [1.82, 2.24) is 5.32 Å². The minimum Gasteiger partial charge on any atom is -0.486 e. The summed E-state index contributed by atoms with van der Waals surface area (Å²) in [6.07, 6.45) is 3.59. The molecule has 0 spiro atoms. The van der Waals surface area contributed by atoms with E-state index in [4.69, 9.17) is 9.47 Å². The fourth-order valence-corrected chi connectivity index (χ4v) is 4.03. The van der Waals surface area contributed by atoms with Gasteiger partial charge in [-0.1, -0.05) is 26.7 Å². The molecule has 2 aliphatic rings. The number of benzene rings is 1. The van der Waals surface area contributed by atoms with E-state index in [-0.39, 0.29) is 5.91 Å².